The standard InChI is InChI=1S/C18H13ClF2O3/c1-23-15-8-10(7-14(19)17(15)24-18(20)21)6-12-9-11-4-2-3-5-13(11)16(12)22/h2-8,18H,9H2,1H3/b12-6+. The summed E-state index contributed by atoms with van der Waals surface area (Å²) in [6.45, 7) is -3.01. The van der Waals surface area contributed by atoms with Crippen LogP contribution in [0.1, 0.15) is 21.5 Å². The molecule has 3 rings (SSSR count). The van der Waals surface area contributed by atoms with Crippen LogP contribution in [0.2, 0.25) is 5.02 Å². The number of carbonyl (C=O) groups is 1. The van der Waals surface area contributed by atoms with Crippen LogP contribution < -0.4 is 9.47 Å². The van der Waals surface area contributed by atoms with Crippen molar-refractivity contribution in [1.29, 1.82) is 0 Å². The maximum absolute atomic E-state index is 12.5. The lowest BCUT2D eigenvalue weighted by Crippen LogP contribution is -2.04. The molecule has 3 nitrogen and oxygen atoms in total. The molecule has 0 N–H and O–H groups in total. The molecule has 1 aliphatic carbocycles. The highest BCUT2D eigenvalue weighted by Crippen LogP contribution is 2.38. The molecule has 0 unspecified atom stereocenters. The summed E-state index contributed by atoms with van der Waals surface area (Å²) >= 11 is 6.02. The number of methoxy groups -OCH3 is 1. The first-order valence-corrected chi connectivity index (χ1v) is 7.53. The predicted molar refractivity (Wildman–Crippen MR) is 87.1 cm³/mol. The van der Waals surface area contributed by atoms with Gasteiger partial charge in [0, 0.05) is 17.6 Å². The molecule has 0 radical (unpaired) electrons. The molecule has 24 heavy (non-hydrogen) atoms. The molecule has 0 aromatic heterocycles. The zero-order valence-corrected chi connectivity index (χ0v) is 13.4. The number of alkyl halides is 2. The predicted octanol–water partition coefficient (Wildman–Crippen LogP) is 4.77. The zero-order chi connectivity index (χ0) is 17.3. The summed E-state index contributed by atoms with van der Waals surface area (Å²) in [4.78, 5) is 12.4. The Labute approximate surface area is 142 Å². The number of benzene rings is 2. The van der Waals surface area contributed by atoms with E-state index in [4.69, 9.17) is 16.3 Å². The number of hydrogen-bond donors (Lipinski definition) is 0. The van der Waals surface area contributed by atoms with E-state index >= 15 is 0 Å². The van der Waals surface area contributed by atoms with Crippen molar-refractivity contribution in [3.8, 4) is 11.5 Å². The minimum atomic E-state index is -3.01. The Bertz CT molecular complexity index is 831. The third-order valence-corrected chi connectivity index (χ3v) is 4.01. The van der Waals surface area contributed by atoms with Crippen molar-refractivity contribution in [1.82, 2.24) is 0 Å². The van der Waals surface area contributed by atoms with Gasteiger partial charge in [-0.3, -0.25) is 4.79 Å². The first-order chi connectivity index (χ1) is 11.5. The van der Waals surface area contributed by atoms with Gasteiger partial charge in [-0.2, -0.15) is 8.78 Å². The second kappa shape index (κ2) is 6.61. The van der Waals surface area contributed by atoms with E-state index in [-0.39, 0.29) is 22.3 Å². The largest absolute Gasteiger partial charge is 0.493 e. The lowest BCUT2D eigenvalue weighted by Gasteiger charge is -2.12. The number of ether oxygens (including phenoxy) is 2. The van der Waals surface area contributed by atoms with Gasteiger partial charge in [0.25, 0.3) is 0 Å². The minimum absolute atomic E-state index is 0.00976. The highest BCUT2D eigenvalue weighted by Gasteiger charge is 2.24. The van der Waals surface area contributed by atoms with Crippen LogP contribution in [0, 0.1) is 0 Å². The Morgan fingerprint density at radius 1 is 1.25 bits per heavy atom. The SMILES string of the molecule is COc1cc(/C=C2\Cc3ccccc3C2=O)cc(Cl)c1OC(F)F. The Morgan fingerprint density at radius 2 is 2.00 bits per heavy atom. The zero-order valence-electron chi connectivity index (χ0n) is 12.7. The van der Waals surface area contributed by atoms with E-state index in [0.29, 0.717) is 23.1 Å². The average Bonchev–Trinajstić information content (AvgIpc) is 2.86. The van der Waals surface area contributed by atoms with Crippen LogP contribution in [-0.2, 0) is 6.42 Å². The first kappa shape index (κ1) is 16.5. The Morgan fingerprint density at radius 3 is 2.67 bits per heavy atom. The molecule has 0 atom stereocenters. The summed E-state index contributed by atoms with van der Waals surface area (Å²) < 4.78 is 34.4. The van der Waals surface area contributed by atoms with E-state index in [9.17, 15) is 13.6 Å². The third kappa shape index (κ3) is 3.12. The van der Waals surface area contributed by atoms with E-state index in [0.717, 1.165) is 5.56 Å². The number of ketones is 1. The topological polar surface area (TPSA) is 35.5 Å². The number of halogens is 3. The molecule has 0 fully saturated rings. The first-order valence-electron chi connectivity index (χ1n) is 7.15. The molecule has 0 spiro atoms. The molecule has 0 saturated heterocycles. The van der Waals surface area contributed by atoms with Crippen LogP contribution in [0.15, 0.2) is 42.0 Å². The number of hydrogen-bond acceptors (Lipinski definition) is 3. The molecular formula is C18H13ClF2O3. The van der Waals surface area contributed by atoms with E-state index in [1.807, 2.05) is 18.2 Å². The number of rotatable bonds is 4. The normalized spacial score (nSPS) is 15.0. The van der Waals surface area contributed by atoms with Gasteiger partial charge < -0.3 is 9.47 Å². The van der Waals surface area contributed by atoms with Gasteiger partial charge in [0.15, 0.2) is 17.3 Å². The van der Waals surface area contributed by atoms with Crippen LogP contribution in [-0.4, -0.2) is 19.5 Å². The number of fused-ring (bicyclic) bond motifs is 1. The fraction of sp³-hybridized carbons (Fsp3) is 0.167. The average molecular weight is 351 g/mol. The molecule has 0 saturated carbocycles. The van der Waals surface area contributed by atoms with Crippen LogP contribution >= 0.6 is 11.6 Å². The molecule has 0 amide bonds. The second-order valence-electron chi connectivity index (χ2n) is 5.25. The lowest BCUT2D eigenvalue weighted by atomic mass is 10.1. The van der Waals surface area contributed by atoms with Crippen molar-refractivity contribution in [2.45, 2.75) is 13.0 Å². The molecule has 0 heterocycles. The van der Waals surface area contributed by atoms with Gasteiger partial charge in [-0.25, -0.2) is 0 Å². The van der Waals surface area contributed by atoms with Gasteiger partial charge >= 0.3 is 6.61 Å². The lowest BCUT2D eigenvalue weighted by molar-refractivity contribution is -0.0511. The molecule has 1 aliphatic rings. The van der Waals surface area contributed by atoms with Crippen molar-refractivity contribution in [2.24, 2.45) is 0 Å². The molecular weight excluding hydrogens is 338 g/mol. The molecule has 2 aromatic rings. The summed E-state index contributed by atoms with van der Waals surface area (Å²) in [5.74, 6) is -0.191. The van der Waals surface area contributed by atoms with E-state index in [1.165, 1.54) is 19.2 Å². The third-order valence-electron chi connectivity index (χ3n) is 3.73. The quantitative estimate of drug-likeness (QED) is 0.745. The Balaban J connectivity index is 1.97. The van der Waals surface area contributed by atoms with E-state index in [1.54, 1.807) is 12.1 Å². The maximum Gasteiger partial charge on any atom is 0.387 e. The Kier molecular flexibility index (Phi) is 4.53. The van der Waals surface area contributed by atoms with E-state index in [2.05, 4.69) is 4.74 Å². The van der Waals surface area contributed by atoms with Gasteiger partial charge in [0.2, 0.25) is 0 Å². The van der Waals surface area contributed by atoms with Crippen molar-refractivity contribution < 1.29 is 23.0 Å². The fourth-order valence-electron chi connectivity index (χ4n) is 2.70. The fourth-order valence-corrected chi connectivity index (χ4v) is 2.96. The summed E-state index contributed by atoms with van der Waals surface area (Å²) in [6, 6.07) is 10.4. The Hall–Kier alpha value is -2.40. The van der Waals surface area contributed by atoms with Gasteiger partial charge in [0.05, 0.1) is 12.1 Å². The van der Waals surface area contributed by atoms with Crippen molar-refractivity contribution in [3.63, 3.8) is 0 Å². The van der Waals surface area contributed by atoms with E-state index < -0.39 is 6.61 Å². The van der Waals surface area contributed by atoms with Crippen LogP contribution in [0.4, 0.5) is 8.78 Å². The monoisotopic (exact) mass is 350 g/mol. The van der Waals surface area contributed by atoms with Gasteiger partial charge in [-0.05, 0) is 29.3 Å². The van der Waals surface area contributed by atoms with Gasteiger partial charge in [-0.1, -0.05) is 35.9 Å². The van der Waals surface area contributed by atoms with Crippen molar-refractivity contribution >= 4 is 23.5 Å². The van der Waals surface area contributed by atoms with Crippen LogP contribution in [0.5, 0.6) is 11.5 Å². The molecule has 0 bridgehead atoms. The summed E-state index contributed by atoms with van der Waals surface area (Å²) in [7, 11) is 1.33. The highest BCUT2D eigenvalue weighted by atomic mass is 35.5. The van der Waals surface area contributed by atoms with Gasteiger partial charge in [-0.15, -0.1) is 0 Å². The van der Waals surface area contributed by atoms with Gasteiger partial charge in [0.1, 0.15) is 0 Å². The van der Waals surface area contributed by atoms with Crippen molar-refractivity contribution in [3.05, 3.63) is 63.7 Å². The molecule has 6 heteroatoms. The van der Waals surface area contributed by atoms with Crippen molar-refractivity contribution in [2.75, 3.05) is 7.11 Å². The summed E-state index contributed by atoms with van der Waals surface area (Å²) in [5.41, 5.74) is 2.83. The minimum Gasteiger partial charge on any atom is -0.493 e. The summed E-state index contributed by atoms with van der Waals surface area (Å²) in [5, 5.41) is -0.00976. The maximum atomic E-state index is 12.5. The number of carbonyl (C=O) groups excluding carboxylic acids is 1. The van der Waals surface area contributed by atoms with Crippen LogP contribution in [0.25, 0.3) is 6.08 Å². The number of allylic oxidation sites excluding steroid dienone is 1. The molecule has 124 valence electrons. The smallest absolute Gasteiger partial charge is 0.387 e. The number of Topliss-reactive ketones (excluding diaryl/α,β-unsaturated/α-hetero) is 1. The highest BCUT2D eigenvalue weighted by molar-refractivity contribution is 6.32. The second-order valence-corrected chi connectivity index (χ2v) is 5.65. The molecule has 0 aliphatic heterocycles. The summed E-state index contributed by atoms with van der Waals surface area (Å²) in [6.07, 6.45) is 2.20. The molecule has 2 aromatic carbocycles. The van der Waals surface area contributed by atoms with Crippen LogP contribution in [0.3, 0.4) is 0 Å².